The van der Waals surface area contributed by atoms with Gasteiger partial charge in [0.15, 0.2) is 0 Å². The molecule has 0 radical (unpaired) electrons. The van der Waals surface area contributed by atoms with E-state index in [1.165, 1.54) is 31.2 Å². The summed E-state index contributed by atoms with van der Waals surface area (Å²) in [4.78, 5) is 0. The molecule has 4 nitrogen and oxygen atoms in total. The second-order valence-electron chi connectivity index (χ2n) is 5.42. The van der Waals surface area contributed by atoms with Crippen LogP contribution in [0.15, 0.2) is 35.5 Å². The highest BCUT2D eigenvalue weighted by atomic mass is 79.9. The van der Waals surface area contributed by atoms with E-state index in [-0.39, 0.29) is 0 Å². The Bertz CT molecular complexity index is 554. The van der Waals surface area contributed by atoms with Crippen LogP contribution in [0.3, 0.4) is 0 Å². The second kappa shape index (κ2) is 7.40. The van der Waals surface area contributed by atoms with Gasteiger partial charge in [0.1, 0.15) is 0 Å². The lowest BCUT2D eigenvalue weighted by atomic mass is 10.0. The van der Waals surface area contributed by atoms with Crippen LogP contribution >= 0.6 is 27.7 Å². The zero-order valence-corrected chi connectivity index (χ0v) is 14.3. The molecule has 0 spiro atoms. The predicted octanol–water partition coefficient (Wildman–Crippen LogP) is 4.06. The monoisotopic (exact) mass is 366 g/mol. The van der Waals surface area contributed by atoms with Crippen LogP contribution in [-0.4, -0.2) is 31.3 Å². The summed E-state index contributed by atoms with van der Waals surface area (Å²) in [6.45, 7) is 0. The molecule has 1 aliphatic rings. The topological polar surface area (TPSA) is 43.6 Å². The number of halogens is 1. The summed E-state index contributed by atoms with van der Waals surface area (Å²) in [7, 11) is 0. The summed E-state index contributed by atoms with van der Waals surface area (Å²) in [5, 5.41) is 14.2. The molecule has 1 aromatic carbocycles. The van der Waals surface area contributed by atoms with Gasteiger partial charge in [-0.1, -0.05) is 70.9 Å². The first kappa shape index (κ1) is 15.0. The summed E-state index contributed by atoms with van der Waals surface area (Å²) >= 11 is 5.39. The molecular formula is C15H19BrN4S. The normalized spacial score (nSPS) is 17.2. The van der Waals surface area contributed by atoms with Crippen LogP contribution in [0.25, 0.3) is 0 Å². The molecule has 1 heterocycles. The second-order valence-corrected chi connectivity index (χ2v) is 7.05. The fourth-order valence-electron chi connectivity index (χ4n) is 2.79. The molecule has 6 heteroatoms. The third-order valence-electron chi connectivity index (χ3n) is 4.00. The van der Waals surface area contributed by atoms with Crippen molar-refractivity contribution < 1.29 is 0 Å². The van der Waals surface area contributed by atoms with Gasteiger partial charge in [-0.05, 0) is 28.8 Å². The first-order valence-corrected chi connectivity index (χ1v) is 9.50. The van der Waals surface area contributed by atoms with Crippen LogP contribution in [0.2, 0.25) is 0 Å². The van der Waals surface area contributed by atoms with E-state index < -0.39 is 0 Å². The summed E-state index contributed by atoms with van der Waals surface area (Å²) in [5.74, 6) is 1.47. The highest BCUT2D eigenvalue weighted by Gasteiger charge is 2.22. The van der Waals surface area contributed by atoms with Gasteiger partial charge in [-0.15, -0.1) is 5.10 Å². The average Bonchev–Trinajstić information content (AvgIpc) is 3.20. The number of benzene rings is 1. The number of thioether (sulfide) groups is 1. The van der Waals surface area contributed by atoms with Crippen LogP contribution in [-0.2, 0) is 0 Å². The molecule has 1 aliphatic carbocycles. The number of nitrogens with zero attached hydrogens (tertiary/aromatic N) is 4. The van der Waals surface area contributed by atoms with E-state index in [0.29, 0.717) is 12.0 Å². The molecule has 3 rings (SSSR count). The van der Waals surface area contributed by atoms with Crippen molar-refractivity contribution in [1.82, 2.24) is 20.2 Å². The van der Waals surface area contributed by atoms with Gasteiger partial charge >= 0.3 is 0 Å². The van der Waals surface area contributed by atoms with Gasteiger partial charge in [0.05, 0.1) is 6.04 Å². The average molecular weight is 367 g/mol. The van der Waals surface area contributed by atoms with Gasteiger partial charge in [0.2, 0.25) is 5.16 Å². The van der Waals surface area contributed by atoms with Crippen LogP contribution in [0.5, 0.6) is 0 Å². The Labute approximate surface area is 137 Å². The summed E-state index contributed by atoms with van der Waals surface area (Å²) in [6.07, 6.45) is 5.00. The molecule has 0 saturated heterocycles. The first-order valence-electron chi connectivity index (χ1n) is 7.40. The van der Waals surface area contributed by atoms with E-state index in [2.05, 4.69) is 61.8 Å². The van der Waals surface area contributed by atoms with Crippen LogP contribution in [0.1, 0.15) is 43.2 Å². The van der Waals surface area contributed by atoms with Gasteiger partial charge in [-0.2, -0.15) is 0 Å². The Balaban J connectivity index is 1.65. The number of hydrogen-bond donors (Lipinski definition) is 0. The predicted molar refractivity (Wildman–Crippen MR) is 89.0 cm³/mol. The number of aromatic nitrogens is 4. The van der Waals surface area contributed by atoms with Gasteiger partial charge < -0.3 is 0 Å². The van der Waals surface area contributed by atoms with Gasteiger partial charge in [-0.25, -0.2) is 4.68 Å². The third kappa shape index (κ3) is 3.66. The highest BCUT2D eigenvalue weighted by Crippen LogP contribution is 2.33. The largest absolute Gasteiger partial charge is 0.217 e. The number of rotatable bonds is 6. The van der Waals surface area contributed by atoms with Crippen molar-refractivity contribution in [2.24, 2.45) is 0 Å². The lowest BCUT2D eigenvalue weighted by Gasteiger charge is -2.15. The van der Waals surface area contributed by atoms with Crippen molar-refractivity contribution in [2.45, 2.75) is 42.8 Å². The first-order chi connectivity index (χ1) is 10.4. The molecular weight excluding hydrogens is 348 g/mol. The van der Waals surface area contributed by atoms with Crippen LogP contribution in [0.4, 0.5) is 0 Å². The highest BCUT2D eigenvalue weighted by molar-refractivity contribution is 9.09. The minimum Gasteiger partial charge on any atom is -0.217 e. The molecule has 2 aromatic rings. The molecule has 1 atom stereocenters. The summed E-state index contributed by atoms with van der Waals surface area (Å²) in [6, 6.07) is 11.1. The molecule has 112 valence electrons. The van der Waals surface area contributed by atoms with Crippen LogP contribution in [0, 0.1) is 0 Å². The van der Waals surface area contributed by atoms with E-state index in [9.17, 15) is 0 Å². The van der Waals surface area contributed by atoms with Crippen molar-refractivity contribution in [3.63, 3.8) is 0 Å². The Morgan fingerprint density at radius 2 is 2.00 bits per heavy atom. The van der Waals surface area contributed by atoms with Crippen molar-refractivity contribution >= 4 is 27.7 Å². The molecule has 1 saturated carbocycles. The van der Waals surface area contributed by atoms with E-state index in [1.54, 1.807) is 11.8 Å². The lowest BCUT2D eigenvalue weighted by molar-refractivity contribution is 0.423. The van der Waals surface area contributed by atoms with Crippen molar-refractivity contribution in [1.29, 1.82) is 0 Å². The van der Waals surface area contributed by atoms with Gasteiger partial charge in [0.25, 0.3) is 0 Å². The minimum absolute atomic E-state index is 0.477. The summed E-state index contributed by atoms with van der Waals surface area (Å²) in [5.41, 5.74) is 1.36. The van der Waals surface area contributed by atoms with E-state index in [1.807, 2.05) is 4.68 Å². The van der Waals surface area contributed by atoms with Crippen molar-refractivity contribution in [2.75, 3.05) is 11.1 Å². The zero-order chi connectivity index (χ0) is 14.5. The smallest absolute Gasteiger partial charge is 0.209 e. The molecule has 0 bridgehead atoms. The summed E-state index contributed by atoms with van der Waals surface area (Å²) < 4.78 is 2.04. The molecule has 0 N–H and O–H groups in total. The number of alkyl halides is 1. The molecule has 1 aromatic heterocycles. The van der Waals surface area contributed by atoms with Crippen LogP contribution < -0.4 is 0 Å². The Hall–Kier alpha value is -0.880. The molecule has 0 amide bonds. The third-order valence-corrected chi connectivity index (χ3v) is 5.88. The maximum Gasteiger partial charge on any atom is 0.209 e. The van der Waals surface area contributed by atoms with Gasteiger partial charge in [0, 0.05) is 17.0 Å². The zero-order valence-electron chi connectivity index (χ0n) is 11.9. The standard InChI is InChI=1S/C15H19BrN4S/c16-10-13(12-6-2-1-3-7-12)11-21-15-17-18-19-20(15)14-8-4-5-9-14/h1-3,6-7,13-14H,4-5,8-11H2. The fourth-order valence-corrected chi connectivity index (χ4v) is 4.77. The SMILES string of the molecule is BrCC(CSc1nnnn1C1CCCC1)c1ccccc1. The quantitative estimate of drug-likeness (QED) is 0.571. The van der Waals surface area contributed by atoms with Gasteiger partial charge in [-0.3, -0.25) is 0 Å². The molecule has 21 heavy (non-hydrogen) atoms. The van der Waals surface area contributed by atoms with E-state index in [0.717, 1.165) is 16.2 Å². The Morgan fingerprint density at radius 1 is 1.24 bits per heavy atom. The van der Waals surface area contributed by atoms with E-state index >= 15 is 0 Å². The number of tetrazole rings is 1. The minimum atomic E-state index is 0.477. The maximum atomic E-state index is 4.21. The lowest BCUT2D eigenvalue weighted by Crippen LogP contribution is -2.10. The Morgan fingerprint density at radius 3 is 2.71 bits per heavy atom. The van der Waals surface area contributed by atoms with Crippen molar-refractivity contribution in [3.8, 4) is 0 Å². The number of hydrogen-bond acceptors (Lipinski definition) is 4. The molecule has 0 aliphatic heterocycles. The maximum absolute atomic E-state index is 4.21. The fraction of sp³-hybridized carbons (Fsp3) is 0.533. The Kier molecular flexibility index (Phi) is 5.30. The molecule has 1 unspecified atom stereocenters. The van der Waals surface area contributed by atoms with E-state index in [4.69, 9.17) is 0 Å². The van der Waals surface area contributed by atoms with Crippen molar-refractivity contribution in [3.05, 3.63) is 35.9 Å². The molecule has 1 fully saturated rings.